The highest BCUT2D eigenvalue weighted by atomic mass is 35.5. The normalized spacial score (nSPS) is 9.80. The van der Waals surface area contributed by atoms with Gasteiger partial charge in [-0.25, -0.2) is 9.78 Å². The number of anilines is 1. The Hall–Kier alpha value is -2.58. The fourth-order valence-electron chi connectivity index (χ4n) is 1.65. The van der Waals surface area contributed by atoms with Gasteiger partial charge in [0.05, 0.1) is 17.2 Å². The van der Waals surface area contributed by atoms with Crippen molar-refractivity contribution in [2.24, 2.45) is 0 Å². The van der Waals surface area contributed by atoms with E-state index in [0.717, 1.165) is 5.56 Å². The van der Waals surface area contributed by atoms with Crippen LogP contribution in [0.3, 0.4) is 0 Å². The van der Waals surface area contributed by atoms with Crippen LogP contribution in [0.5, 0.6) is 0 Å². The topological polar surface area (TPSA) is 86.0 Å². The molecule has 1 aromatic carbocycles. The lowest BCUT2D eigenvalue weighted by Gasteiger charge is -2.07. The van der Waals surface area contributed by atoms with Crippen molar-refractivity contribution in [1.82, 2.24) is 4.98 Å². The van der Waals surface area contributed by atoms with Gasteiger partial charge >= 0.3 is 5.97 Å². The average Bonchev–Trinajstić information content (AvgIpc) is 2.44. The maximum absolute atomic E-state index is 10.9. The third-order valence-electron chi connectivity index (χ3n) is 2.57. The molecule has 0 bridgehead atoms. The number of hydrogen-bond donors (Lipinski definition) is 2. The summed E-state index contributed by atoms with van der Waals surface area (Å²) < 4.78 is 0. The van der Waals surface area contributed by atoms with E-state index in [9.17, 15) is 4.79 Å². The van der Waals surface area contributed by atoms with Crippen molar-refractivity contribution in [3.63, 3.8) is 0 Å². The lowest BCUT2D eigenvalue weighted by Crippen LogP contribution is -2.04. The highest BCUT2D eigenvalue weighted by molar-refractivity contribution is 6.29. The van der Waals surface area contributed by atoms with Gasteiger partial charge in [-0.3, -0.25) is 0 Å². The summed E-state index contributed by atoms with van der Waals surface area (Å²) in [4.78, 5) is 14.9. The number of halogens is 1. The number of carbonyl (C=O) groups is 1. The van der Waals surface area contributed by atoms with Crippen molar-refractivity contribution in [2.75, 3.05) is 5.32 Å². The van der Waals surface area contributed by atoms with E-state index < -0.39 is 5.97 Å². The van der Waals surface area contributed by atoms with Gasteiger partial charge in [0.2, 0.25) is 0 Å². The number of nitriles is 1. The minimum absolute atomic E-state index is 0.0678. The molecule has 2 aromatic rings. The summed E-state index contributed by atoms with van der Waals surface area (Å²) in [6, 6.07) is 11.8. The Morgan fingerprint density at radius 3 is 2.90 bits per heavy atom. The van der Waals surface area contributed by atoms with Crippen molar-refractivity contribution >= 4 is 23.4 Å². The van der Waals surface area contributed by atoms with Gasteiger partial charge in [-0.2, -0.15) is 5.26 Å². The zero-order valence-electron chi connectivity index (χ0n) is 10.3. The number of rotatable bonds is 4. The number of aromatic nitrogens is 1. The Morgan fingerprint density at radius 1 is 1.40 bits per heavy atom. The minimum atomic E-state index is -1.07. The second kappa shape index (κ2) is 6.04. The predicted molar refractivity (Wildman–Crippen MR) is 74.7 cm³/mol. The summed E-state index contributed by atoms with van der Waals surface area (Å²) in [6.45, 7) is 0.419. The molecule has 2 rings (SSSR count). The van der Waals surface area contributed by atoms with E-state index in [-0.39, 0.29) is 10.7 Å². The van der Waals surface area contributed by atoms with E-state index in [1.165, 1.54) is 12.1 Å². The molecule has 0 radical (unpaired) electrons. The fourth-order valence-corrected chi connectivity index (χ4v) is 1.86. The number of hydrogen-bond acceptors (Lipinski definition) is 4. The molecule has 20 heavy (non-hydrogen) atoms. The second-order valence-corrected chi connectivity index (χ2v) is 4.42. The Kier molecular flexibility index (Phi) is 4.18. The highest BCUT2D eigenvalue weighted by Gasteiger charge is 2.07. The van der Waals surface area contributed by atoms with E-state index in [1.807, 2.05) is 6.07 Å². The van der Waals surface area contributed by atoms with Gasteiger partial charge < -0.3 is 10.4 Å². The summed E-state index contributed by atoms with van der Waals surface area (Å²) in [5, 5.41) is 20.8. The molecule has 0 saturated carbocycles. The quantitative estimate of drug-likeness (QED) is 0.844. The van der Waals surface area contributed by atoms with Crippen molar-refractivity contribution in [3.05, 3.63) is 58.2 Å². The van der Waals surface area contributed by atoms with Gasteiger partial charge in [-0.1, -0.05) is 23.7 Å². The molecule has 0 saturated heterocycles. The van der Waals surface area contributed by atoms with Crippen molar-refractivity contribution in [1.29, 1.82) is 5.26 Å². The molecule has 1 heterocycles. The van der Waals surface area contributed by atoms with Crippen molar-refractivity contribution < 1.29 is 9.90 Å². The average molecular weight is 288 g/mol. The van der Waals surface area contributed by atoms with Crippen LogP contribution in [0.1, 0.15) is 21.5 Å². The van der Waals surface area contributed by atoms with E-state index in [0.29, 0.717) is 17.9 Å². The van der Waals surface area contributed by atoms with Gasteiger partial charge in [0.15, 0.2) is 0 Å². The summed E-state index contributed by atoms with van der Waals surface area (Å²) in [5.74, 6) is -0.693. The number of carboxylic acids is 1. The number of benzene rings is 1. The summed E-state index contributed by atoms with van der Waals surface area (Å²) in [5.41, 5.74) is 1.52. The molecule has 0 fully saturated rings. The van der Waals surface area contributed by atoms with E-state index in [4.69, 9.17) is 22.0 Å². The summed E-state index contributed by atoms with van der Waals surface area (Å²) in [7, 11) is 0. The SMILES string of the molecule is N#Cc1cccc(CNc2cc(C(=O)O)cc(Cl)n2)c1. The molecule has 0 aliphatic heterocycles. The van der Waals surface area contributed by atoms with Crippen LogP contribution >= 0.6 is 11.6 Å². The van der Waals surface area contributed by atoms with E-state index in [1.54, 1.807) is 18.2 Å². The van der Waals surface area contributed by atoms with Crippen LogP contribution in [-0.4, -0.2) is 16.1 Å². The minimum Gasteiger partial charge on any atom is -0.478 e. The van der Waals surface area contributed by atoms with Crippen LogP contribution in [0.4, 0.5) is 5.82 Å². The van der Waals surface area contributed by atoms with Crippen molar-refractivity contribution in [3.8, 4) is 6.07 Å². The fraction of sp³-hybridized carbons (Fsp3) is 0.0714. The molecule has 0 spiro atoms. The van der Waals surface area contributed by atoms with Crippen LogP contribution in [0.25, 0.3) is 0 Å². The molecule has 100 valence electrons. The molecule has 0 aliphatic rings. The third kappa shape index (κ3) is 3.46. The molecule has 0 atom stereocenters. The van der Waals surface area contributed by atoms with Gasteiger partial charge in [0.25, 0.3) is 0 Å². The standard InChI is InChI=1S/C14H10ClN3O2/c15-12-5-11(14(19)20)6-13(18-12)17-8-10-3-1-2-9(4-10)7-16/h1-6H,8H2,(H,17,18)(H,19,20). The first-order chi connectivity index (χ1) is 9.58. The lowest BCUT2D eigenvalue weighted by atomic mass is 10.1. The van der Waals surface area contributed by atoms with Crippen LogP contribution < -0.4 is 5.32 Å². The summed E-state index contributed by atoms with van der Waals surface area (Å²) in [6.07, 6.45) is 0. The number of pyridine rings is 1. The zero-order chi connectivity index (χ0) is 14.5. The van der Waals surface area contributed by atoms with Crippen LogP contribution in [0, 0.1) is 11.3 Å². The first-order valence-corrected chi connectivity index (χ1v) is 6.10. The Labute approximate surface area is 120 Å². The molecular formula is C14H10ClN3O2. The van der Waals surface area contributed by atoms with E-state index >= 15 is 0 Å². The van der Waals surface area contributed by atoms with Crippen LogP contribution in [0.15, 0.2) is 36.4 Å². The number of carboxylic acid groups (broad SMARTS) is 1. The zero-order valence-corrected chi connectivity index (χ0v) is 11.1. The van der Waals surface area contributed by atoms with Crippen LogP contribution in [-0.2, 0) is 6.54 Å². The molecule has 5 nitrogen and oxygen atoms in total. The van der Waals surface area contributed by atoms with Crippen molar-refractivity contribution in [2.45, 2.75) is 6.54 Å². The predicted octanol–water partition coefficient (Wildman–Crippen LogP) is 2.92. The first kappa shape index (κ1) is 13.8. The molecule has 1 aromatic heterocycles. The third-order valence-corrected chi connectivity index (χ3v) is 2.76. The first-order valence-electron chi connectivity index (χ1n) is 5.72. The largest absolute Gasteiger partial charge is 0.478 e. The molecule has 6 heteroatoms. The Morgan fingerprint density at radius 2 is 2.20 bits per heavy atom. The van der Waals surface area contributed by atoms with Gasteiger partial charge in [0, 0.05) is 6.54 Å². The maximum atomic E-state index is 10.9. The molecule has 0 amide bonds. The van der Waals surface area contributed by atoms with Gasteiger partial charge in [0.1, 0.15) is 11.0 Å². The molecule has 0 aliphatic carbocycles. The van der Waals surface area contributed by atoms with E-state index in [2.05, 4.69) is 16.4 Å². The highest BCUT2D eigenvalue weighted by Crippen LogP contribution is 2.15. The number of nitrogens with one attached hydrogen (secondary N) is 1. The second-order valence-electron chi connectivity index (χ2n) is 4.03. The number of aromatic carboxylic acids is 1. The van der Waals surface area contributed by atoms with Gasteiger partial charge in [-0.05, 0) is 29.8 Å². The number of nitrogens with zero attached hydrogens (tertiary/aromatic N) is 2. The Balaban J connectivity index is 2.14. The van der Waals surface area contributed by atoms with Gasteiger partial charge in [-0.15, -0.1) is 0 Å². The molecule has 2 N–H and O–H groups in total. The maximum Gasteiger partial charge on any atom is 0.335 e. The lowest BCUT2D eigenvalue weighted by molar-refractivity contribution is 0.0697. The van der Waals surface area contributed by atoms with Crippen LogP contribution in [0.2, 0.25) is 5.15 Å². The molecule has 0 unspecified atom stereocenters. The monoisotopic (exact) mass is 287 g/mol. The summed E-state index contributed by atoms with van der Waals surface area (Å²) >= 11 is 5.77. The smallest absolute Gasteiger partial charge is 0.335 e. The Bertz CT molecular complexity index is 695. The molecular weight excluding hydrogens is 278 g/mol.